The first-order valence-corrected chi connectivity index (χ1v) is 11.7. The Labute approximate surface area is 167 Å². The van der Waals surface area contributed by atoms with Crippen LogP contribution in [0.3, 0.4) is 0 Å². The third-order valence-electron chi connectivity index (χ3n) is 4.89. The van der Waals surface area contributed by atoms with E-state index >= 15 is 0 Å². The van der Waals surface area contributed by atoms with Crippen LogP contribution in [0.1, 0.15) is 28.4 Å². The Kier molecular flexibility index (Phi) is 5.24. The summed E-state index contributed by atoms with van der Waals surface area (Å²) >= 11 is 7.77. The van der Waals surface area contributed by atoms with Crippen LogP contribution >= 0.6 is 23.4 Å². The number of H-pyrrole nitrogens is 1. The molecule has 2 fully saturated rings. The number of carbonyl (C=O) groups is 1. The van der Waals surface area contributed by atoms with Crippen molar-refractivity contribution in [2.75, 3.05) is 24.6 Å². The number of benzene rings is 1. The van der Waals surface area contributed by atoms with E-state index in [1.807, 2.05) is 24.3 Å². The Morgan fingerprint density at radius 2 is 2.04 bits per heavy atom. The number of sulfonamides is 1. The van der Waals surface area contributed by atoms with Crippen molar-refractivity contribution in [1.82, 2.24) is 14.6 Å². The quantitative estimate of drug-likeness (QED) is 0.771. The van der Waals surface area contributed by atoms with Gasteiger partial charge in [0.1, 0.15) is 10.6 Å². The van der Waals surface area contributed by atoms with E-state index in [0.29, 0.717) is 18.1 Å². The molecule has 1 aliphatic heterocycles. The predicted molar refractivity (Wildman–Crippen MR) is 107 cm³/mol. The van der Waals surface area contributed by atoms with Crippen molar-refractivity contribution in [2.45, 2.75) is 23.3 Å². The highest BCUT2D eigenvalue weighted by Gasteiger charge is 2.40. The average molecular weight is 426 g/mol. The van der Waals surface area contributed by atoms with E-state index in [1.54, 1.807) is 11.8 Å². The number of amides is 1. The Hall–Kier alpha value is -1.48. The lowest BCUT2D eigenvalue weighted by atomic mass is 10.1. The fraction of sp³-hybridized carbons (Fsp3) is 0.389. The Morgan fingerprint density at radius 3 is 2.78 bits per heavy atom. The lowest BCUT2D eigenvalue weighted by Crippen LogP contribution is -2.37. The Morgan fingerprint density at radius 1 is 1.26 bits per heavy atom. The van der Waals surface area contributed by atoms with E-state index in [4.69, 9.17) is 11.6 Å². The van der Waals surface area contributed by atoms with Crippen LogP contribution in [0, 0.1) is 0 Å². The Bertz CT molecular complexity index is 954. The molecule has 4 rings (SSSR count). The number of rotatable bonds is 5. The van der Waals surface area contributed by atoms with Crippen LogP contribution in [0.25, 0.3) is 0 Å². The first-order valence-electron chi connectivity index (χ1n) is 8.78. The number of nitrogens with zero attached hydrogens (tertiary/aromatic N) is 1. The zero-order valence-electron chi connectivity index (χ0n) is 14.5. The molecule has 0 bridgehead atoms. The van der Waals surface area contributed by atoms with Gasteiger partial charge in [0.2, 0.25) is 10.0 Å². The molecule has 2 N–H and O–H groups in total. The van der Waals surface area contributed by atoms with Gasteiger partial charge in [0.25, 0.3) is 5.91 Å². The lowest BCUT2D eigenvalue weighted by molar-refractivity contribution is 0.0946. The van der Waals surface area contributed by atoms with Gasteiger partial charge in [-0.15, -0.1) is 0 Å². The molecule has 6 nitrogen and oxygen atoms in total. The molecular weight excluding hydrogens is 406 g/mol. The summed E-state index contributed by atoms with van der Waals surface area (Å²) in [5, 5.41) is 3.64. The maximum Gasteiger partial charge on any atom is 0.267 e. The number of nitrogens with one attached hydrogen (secondary N) is 2. The largest absolute Gasteiger partial charge is 0.356 e. The van der Waals surface area contributed by atoms with Gasteiger partial charge in [0.05, 0.1) is 0 Å². The van der Waals surface area contributed by atoms with Crippen LogP contribution in [-0.4, -0.2) is 54.3 Å². The minimum Gasteiger partial charge on any atom is -0.356 e. The van der Waals surface area contributed by atoms with Crippen LogP contribution in [0.2, 0.25) is 5.02 Å². The van der Waals surface area contributed by atoms with Crippen LogP contribution in [-0.2, 0) is 10.0 Å². The zero-order valence-corrected chi connectivity index (χ0v) is 16.9. The molecule has 1 saturated heterocycles. The van der Waals surface area contributed by atoms with Gasteiger partial charge in [-0.2, -0.15) is 16.1 Å². The normalized spacial score (nSPS) is 23.1. The lowest BCUT2D eigenvalue weighted by Gasteiger charge is -2.24. The number of hydrogen-bond donors (Lipinski definition) is 2. The van der Waals surface area contributed by atoms with E-state index < -0.39 is 10.0 Å². The minimum atomic E-state index is -3.55. The summed E-state index contributed by atoms with van der Waals surface area (Å²) in [6.07, 6.45) is 2.25. The van der Waals surface area contributed by atoms with Gasteiger partial charge < -0.3 is 10.3 Å². The highest BCUT2D eigenvalue weighted by atomic mass is 35.5. The molecule has 1 aliphatic carbocycles. The number of thioether (sulfide) groups is 1. The number of aromatic amines is 1. The van der Waals surface area contributed by atoms with Crippen molar-refractivity contribution in [2.24, 2.45) is 0 Å². The third-order valence-corrected chi connectivity index (χ3v) is 7.95. The van der Waals surface area contributed by atoms with Crippen LogP contribution in [0.4, 0.5) is 0 Å². The summed E-state index contributed by atoms with van der Waals surface area (Å²) < 4.78 is 26.8. The number of carbonyl (C=O) groups excluding carboxylic acids is 1. The summed E-state index contributed by atoms with van der Waals surface area (Å²) in [6, 6.07) is 9.09. The second kappa shape index (κ2) is 7.50. The van der Waals surface area contributed by atoms with Crippen LogP contribution in [0.5, 0.6) is 0 Å². The molecule has 9 heteroatoms. The molecule has 1 saturated carbocycles. The summed E-state index contributed by atoms with van der Waals surface area (Å²) in [6.45, 7) is 1.01. The summed E-state index contributed by atoms with van der Waals surface area (Å²) in [7, 11) is -3.55. The fourth-order valence-corrected chi connectivity index (χ4v) is 6.07. The summed E-state index contributed by atoms with van der Waals surface area (Å²) in [5.74, 6) is 1.55. The van der Waals surface area contributed by atoms with E-state index in [9.17, 15) is 13.2 Å². The van der Waals surface area contributed by atoms with Crippen molar-refractivity contribution in [3.8, 4) is 0 Å². The molecule has 0 radical (unpaired) electrons. The fourth-order valence-electron chi connectivity index (χ4n) is 3.30. The maximum absolute atomic E-state index is 12.7. The molecule has 144 valence electrons. The first kappa shape index (κ1) is 18.9. The van der Waals surface area contributed by atoms with Crippen molar-refractivity contribution in [3.05, 3.63) is 52.8 Å². The van der Waals surface area contributed by atoms with Gasteiger partial charge in [-0.05, 0) is 30.2 Å². The van der Waals surface area contributed by atoms with Gasteiger partial charge in [-0.25, -0.2) is 8.42 Å². The molecule has 2 atom stereocenters. The van der Waals surface area contributed by atoms with Gasteiger partial charge in [0, 0.05) is 47.8 Å². The number of aromatic nitrogens is 1. The molecule has 1 aromatic heterocycles. The van der Waals surface area contributed by atoms with E-state index in [0.717, 1.165) is 23.5 Å². The molecule has 2 aromatic rings. The molecule has 0 spiro atoms. The van der Waals surface area contributed by atoms with Gasteiger partial charge in [-0.1, -0.05) is 23.7 Å². The second-order valence-corrected chi connectivity index (χ2v) is 10.3. The van der Waals surface area contributed by atoms with Crippen LogP contribution < -0.4 is 5.32 Å². The SMILES string of the molecule is O=C(N[C@@H]1C[C@@H]1c1cccc(Cl)c1)c1cc(S(=O)(=O)N2CCSCC2)c[nH]1. The van der Waals surface area contributed by atoms with Gasteiger partial charge in [0.15, 0.2) is 0 Å². The molecule has 2 heterocycles. The standard InChI is InChI=1S/C18H20ClN3O3S2/c19-13-3-1-2-12(8-13)15-10-16(15)21-18(23)17-9-14(11-20-17)27(24,25)22-4-6-26-7-5-22/h1-3,8-9,11,15-16,20H,4-7,10H2,(H,21,23)/t15-,16-/m1/s1. The smallest absolute Gasteiger partial charge is 0.267 e. The van der Waals surface area contributed by atoms with Crippen molar-refractivity contribution >= 4 is 39.3 Å². The van der Waals surface area contributed by atoms with E-state index in [-0.39, 0.29) is 28.5 Å². The number of halogens is 1. The third kappa shape index (κ3) is 4.03. The molecule has 1 aromatic carbocycles. The van der Waals surface area contributed by atoms with E-state index in [2.05, 4.69) is 10.3 Å². The van der Waals surface area contributed by atoms with Crippen LogP contribution in [0.15, 0.2) is 41.4 Å². The highest BCUT2D eigenvalue weighted by molar-refractivity contribution is 7.99. The molecule has 0 unspecified atom stereocenters. The predicted octanol–water partition coefficient (Wildman–Crippen LogP) is 2.69. The van der Waals surface area contributed by atoms with E-state index in [1.165, 1.54) is 16.6 Å². The average Bonchev–Trinajstić information content (AvgIpc) is 3.24. The first-order chi connectivity index (χ1) is 12.9. The molecule has 27 heavy (non-hydrogen) atoms. The monoisotopic (exact) mass is 425 g/mol. The molecular formula is C18H20ClN3O3S2. The summed E-state index contributed by atoms with van der Waals surface area (Å²) in [4.78, 5) is 15.4. The number of hydrogen-bond acceptors (Lipinski definition) is 4. The maximum atomic E-state index is 12.7. The zero-order chi connectivity index (χ0) is 19.0. The van der Waals surface area contributed by atoms with Crippen molar-refractivity contribution in [3.63, 3.8) is 0 Å². The minimum absolute atomic E-state index is 0.0402. The van der Waals surface area contributed by atoms with Crippen molar-refractivity contribution < 1.29 is 13.2 Å². The van der Waals surface area contributed by atoms with Gasteiger partial charge >= 0.3 is 0 Å². The second-order valence-electron chi connectivity index (χ2n) is 6.74. The Balaban J connectivity index is 1.41. The topological polar surface area (TPSA) is 82.3 Å². The van der Waals surface area contributed by atoms with Gasteiger partial charge in [-0.3, -0.25) is 4.79 Å². The molecule has 1 amide bonds. The van der Waals surface area contributed by atoms with Crippen molar-refractivity contribution in [1.29, 1.82) is 0 Å². The highest BCUT2D eigenvalue weighted by Crippen LogP contribution is 2.41. The molecule has 2 aliphatic rings. The summed E-state index contributed by atoms with van der Waals surface area (Å²) in [5.41, 5.74) is 1.36.